The van der Waals surface area contributed by atoms with Crippen LogP contribution in [0.5, 0.6) is 0 Å². The van der Waals surface area contributed by atoms with Crippen LogP contribution in [0.4, 0.5) is 4.79 Å². The van der Waals surface area contributed by atoms with Gasteiger partial charge in [-0.1, -0.05) is 50.3 Å². The van der Waals surface area contributed by atoms with Gasteiger partial charge in [0.05, 0.1) is 0 Å². The van der Waals surface area contributed by atoms with Gasteiger partial charge in [0.2, 0.25) is 0 Å². The summed E-state index contributed by atoms with van der Waals surface area (Å²) in [6.45, 7) is 14.6. The predicted molar refractivity (Wildman–Crippen MR) is 87.5 cm³/mol. The molecule has 0 heterocycles. The van der Waals surface area contributed by atoms with Crippen molar-refractivity contribution in [1.29, 1.82) is 0 Å². The number of amides is 1. The third-order valence-electron chi connectivity index (χ3n) is 3.45. The highest BCUT2D eigenvalue weighted by molar-refractivity contribution is 5.69. The molecular weight excluding hydrogens is 262 g/mol. The summed E-state index contributed by atoms with van der Waals surface area (Å²) in [6.07, 6.45) is 1.42. The molecule has 0 N–H and O–H groups in total. The monoisotopic (exact) mass is 289 g/mol. The Balaban J connectivity index is 2.73. The fraction of sp³-hybridized carbons (Fsp3) is 0.500. The maximum atomic E-state index is 12.3. The van der Waals surface area contributed by atoms with Gasteiger partial charge >= 0.3 is 6.09 Å². The lowest BCUT2D eigenvalue weighted by molar-refractivity contribution is 0.0606. The molecule has 1 rings (SSSR count). The molecule has 1 amide bonds. The van der Waals surface area contributed by atoms with Crippen molar-refractivity contribution in [2.75, 3.05) is 13.2 Å². The zero-order chi connectivity index (χ0) is 16.1. The Morgan fingerprint density at radius 2 is 1.76 bits per heavy atom. The van der Waals surface area contributed by atoms with Gasteiger partial charge in [0.15, 0.2) is 0 Å². The summed E-state index contributed by atoms with van der Waals surface area (Å²) >= 11 is 0. The second kappa shape index (κ2) is 6.79. The quantitative estimate of drug-likeness (QED) is 0.752. The summed E-state index contributed by atoms with van der Waals surface area (Å²) in [7, 11) is 0. The summed E-state index contributed by atoms with van der Waals surface area (Å²) < 4.78 is 5.54. The molecule has 0 radical (unpaired) electrons. The molecule has 0 atom stereocenters. The van der Waals surface area contributed by atoms with Gasteiger partial charge in [-0.25, -0.2) is 4.79 Å². The van der Waals surface area contributed by atoms with Crippen molar-refractivity contribution in [2.45, 2.75) is 45.6 Å². The summed E-state index contributed by atoms with van der Waals surface area (Å²) in [5, 5.41) is 0. The lowest BCUT2D eigenvalue weighted by Gasteiger charge is -2.35. The van der Waals surface area contributed by atoms with E-state index >= 15 is 0 Å². The molecule has 0 saturated heterocycles. The van der Waals surface area contributed by atoms with Crippen LogP contribution in [-0.2, 0) is 10.2 Å². The van der Waals surface area contributed by atoms with Gasteiger partial charge in [0, 0.05) is 17.5 Å². The first-order valence-electron chi connectivity index (χ1n) is 7.29. The molecule has 0 saturated carbocycles. The summed E-state index contributed by atoms with van der Waals surface area (Å²) in [6, 6.07) is 10.1. The highest BCUT2D eigenvalue weighted by Gasteiger charge is 2.29. The normalized spacial score (nSPS) is 11.9. The first-order chi connectivity index (χ1) is 9.68. The van der Waals surface area contributed by atoms with Crippen LogP contribution in [0.3, 0.4) is 0 Å². The lowest BCUT2D eigenvalue weighted by atomic mass is 9.86. The van der Waals surface area contributed by atoms with E-state index in [4.69, 9.17) is 4.74 Å². The highest BCUT2D eigenvalue weighted by atomic mass is 16.6. The zero-order valence-electron chi connectivity index (χ0n) is 13.8. The van der Waals surface area contributed by atoms with E-state index in [0.717, 1.165) is 5.56 Å². The topological polar surface area (TPSA) is 29.5 Å². The van der Waals surface area contributed by atoms with Crippen molar-refractivity contribution in [3.8, 4) is 0 Å². The number of hydrogen-bond donors (Lipinski definition) is 0. The number of ether oxygens (including phenoxy) is 1. The van der Waals surface area contributed by atoms with E-state index in [1.807, 2.05) is 39.0 Å². The predicted octanol–water partition coefficient (Wildman–Crippen LogP) is 4.39. The lowest BCUT2D eigenvalue weighted by Crippen LogP contribution is -2.46. The van der Waals surface area contributed by atoms with Crippen molar-refractivity contribution in [1.82, 2.24) is 4.90 Å². The fourth-order valence-electron chi connectivity index (χ4n) is 2.04. The largest absolute Gasteiger partial charge is 0.448 e. The van der Waals surface area contributed by atoms with E-state index in [-0.39, 0.29) is 17.0 Å². The maximum Gasteiger partial charge on any atom is 0.410 e. The number of hydrogen-bond acceptors (Lipinski definition) is 2. The molecule has 1 aromatic rings. The minimum atomic E-state index is -0.300. The Hall–Kier alpha value is -1.77. The number of nitrogens with zero attached hydrogens (tertiary/aromatic N) is 1. The molecular formula is C18H27NO2. The second-order valence-corrected chi connectivity index (χ2v) is 6.87. The van der Waals surface area contributed by atoms with Crippen molar-refractivity contribution in [3.63, 3.8) is 0 Å². The molecule has 0 aliphatic carbocycles. The van der Waals surface area contributed by atoms with Crippen LogP contribution in [0.1, 0.15) is 40.2 Å². The SMILES string of the molecule is C=CCN(C(=O)OCC(C)(C)c1ccccc1)C(C)(C)C. The van der Waals surface area contributed by atoms with Crippen LogP contribution in [0.2, 0.25) is 0 Å². The van der Waals surface area contributed by atoms with Crippen molar-refractivity contribution < 1.29 is 9.53 Å². The molecule has 0 fully saturated rings. The van der Waals surface area contributed by atoms with Gasteiger partial charge in [-0.2, -0.15) is 0 Å². The van der Waals surface area contributed by atoms with Gasteiger partial charge in [-0.05, 0) is 26.3 Å². The Morgan fingerprint density at radius 3 is 2.24 bits per heavy atom. The number of benzene rings is 1. The van der Waals surface area contributed by atoms with E-state index in [1.54, 1.807) is 11.0 Å². The Kier molecular flexibility index (Phi) is 5.59. The van der Waals surface area contributed by atoms with E-state index in [2.05, 4.69) is 32.6 Å². The van der Waals surface area contributed by atoms with Crippen molar-refractivity contribution >= 4 is 6.09 Å². The molecule has 0 aromatic heterocycles. The first-order valence-corrected chi connectivity index (χ1v) is 7.29. The first kappa shape index (κ1) is 17.3. The Bertz CT molecular complexity index is 472. The van der Waals surface area contributed by atoms with E-state index in [9.17, 15) is 4.79 Å². The van der Waals surface area contributed by atoms with Crippen LogP contribution in [0.25, 0.3) is 0 Å². The van der Waals surface area contributed by atoms with Crippen LogP contribution >= 0.6 is 0 Å². The molecule has 3 heteroatoms. The van der Waals surface area contributed by atoms with Gasteiger partial charge in [-0.15, -0.1) is 6.58 Å². The van der Waals surface area contributed by atoms with E-state index in [0.29, 0.717) is 13.2 Å². The zero-order valence-corrected chi connectivity index (χ0v) is 13.8. The highest BCUT2D eigenvalue weighted by Crippen LogP contribution is 2.24. The third kappa shape index (κ3) is 4.92. The van der Waals surface area contributed by atoms with Gasteiger partial charge in [0.1, 0.15) is 6.61 Å². The Morgan fingerprint density at radius 1 is 1.19 bits per heavy atom. The molecule has 0 bridgehead atoms. The number of rotatable bonds is 5. The van der Waals surface area contributed by atoms with Gasteiger partial charge in [0.25, 0.3) is 0 Å². The maximum absolute atomic E-state index is 12.3. The molecule has 3 nitrogen and oxygen atoms in total. The van der Waals surface area contributed by atoms with Gasteiger partial charge in [-0.3, -0.25) is 4.90 Å². The smallest absolute Gasteiger partial charge is 0.410 e. The molecule has 0 spiro atoms. The molecule has 1 aromatic carbocycles. The third-order valence-corrected chi connectivity index (χ3v) is 3.45. The fourth-order valence-corrected chi connectivity index (χ4v) is 2.04. The van der Waals surface area contributed by atoms with Gasteiger partial charge < -0.3 is 4.74 Å². The van der Waals surface area contributed by atoms with E-state index < -0.39 is 0 Å². The van der Waals surface area contributed by atoms with Crippen LogP contribution in [0, 0.1) is 0 Å². The average molecular weight is 289 g/mol. The standard InChI is InChI=1S/C18H27NO2/c1-7-13-19(17(2,3)4)16(20)21-14-18(5,6)15-11-9-8-10-12-15/h7-12H,1,13-14H2,2-6H3. The molecule has 0 aliphatic heterocycles. The summed E-state index contributed by atoms with van der Waals surface area (Å²) in [5.41, 5.74) is 0.653. The molecule has 116 valence electrons. The minimum Gasteiger partial charge on any atom is -0.448 e. The van der Waals surface area contributed by atoms with Crippen LogP contribution in [0.15, 0.2) is 43.0 Å². The molecule has 21 heavy (non-hydrogen) atoms. The van der Waals surface area contributed by atoms with Crippen molar-refractivity contribution in [2.24, 2.45) is 0 Å². The van der Waals surface area contributed by atoms with Crippen LogP contribution in [-0.4, -0.2) is 29.7 Å². The van der Waals surface area contributed by atoms with Crippen LogP contribution < -0.4 is 0 Å². The number of carbonyl (C=O) groups excluding carboxylic acids is 1. The molecule has 0 unspecified atom stereocenters. The van der Waals surface area contributed by atoms with Crippen molar-refractivity contribution in [3.05, 3.63) is 48.6 Å². The average Bonchev–Trinajstić information content (AvgIpc) is 2.42. The minimum absolute atomic E-state index is 0.214. The summed E-state index contributed by atoms with van der Waals surface area (Å²) in [5.74, 6) is 0. The summed E-state index contributed by atoms with van der Waals surface area (Å²) in [4.78, 5) is 14.0. The number of carbonyl (C=O) groups is 1. The van der Waals surface area contributed by atoms with E-state index in [1.165, 1.54) is 0 Å². The Labute approximate surface area is 128 Å². The second-order valence-electron chi connectivity index (χ2n) is 6.87. The molecule has 0 aliphatic rings.